The quantitative estimate of drug-likeness (QED) is 0.424. The first-order valence-corrected chi connectivity index (χ1v) is 11.6. The fraction of sp³-hybridized carbons (Fsp3) is 0.360. The highest BCUT2D eigenvalue weighted by Crippen LogP contribution is 2.40. The molecule has 6 rings (SSSR count). The Hall–Kier alpha value is -3.53. The van der Waals surface area contributed by atoms with Gasteiger partial charge in [0, 0.05) is 42.1 Å². The van der Waals surface area contributed by atoms with Crippen molar-refractivity contribution in [3.8, 4) is 11.3 Å². The summed E-state index contributed by atoms with van der Waals surface area (Å²) in [6.07, 6.45) is 8.50. The number of nitrogens with zero attached hydrogens (tertiary/aromatic N) is 5. The smallest absolute Gasteiger partial charge is 0.294 e. The first-order chi connectivity index (χ1) is 16.9. The summed E-state index contributed by atoms with van der Waals surface area (Å²) < 4.78 is 51.9. The van der Waals surface area contributed by atoms with Gasteiger partial charge in [0.2, 0.25) is 5.82 Å². The highest BCUT2D eigenvalue weighted by atomic mass is 19.1. The average Bonchev–Trinajstić information content (AvgIpc) is 3.59. The maximum atomic E-state index is 14.8. The number of benzene rings is 1. The third kappa shape index (κ3) is 3.91. The third-order valence-electron chi connectivity index (χ3n) is 6.74. The molecule has 0 unspecified atom stereocenters. The number of ether oxygens (including phenoxy) is 1. The number of halogens is 3. The molecule has 180 valence electrons. The van der Waals surface area contributed by atoms with Crippen LogP contribution in [0.15, 0.2) is 41.6 Å². The Bertz CT molecular complexity index is 1510. The molecule has 1 aromatic carbocycles. The molecule has 1 aliphatic carbocycles. The van der Waals surface area contributed by atoms with Crippen molar-refractivity contribution in [2.24, 2.45) is 0 Å². The standard InChI is InChI=1S/C25H22F3N5O2/c1-13-22(28)25(34)32-12-20(31-23(24(32)30-13)18-5-2-16(26)9-19(18)27)14-6-7-35-21(8-14)15-10-29-33(11-15)17-3-4-17/h2,5,9-12,14,17,21H,3-4,6-8H2,1H3/t14-,21+/m1/s1. The number of aryl methyl sites for hydroxylation is 1. The van der Waals surface area contributed by atoms with E-state index in [1.165, 1.54) is 19.2 Å². The maximum Gasteiger partial charge on any atom is 0.294 e. The van der Waals surface area contributed by atoms with E-state index in [1.54, 1.807) is 0 Å². The van der Waals surface area contributed by atoms with E-state index in [4.69, 9.17) is 4.74 Å². The van der Waals surface area contributed by atoms with Crippen LogP contribution in [0.3, 0.4) is 0 Å². The molecule has 2 aliphatic rings. The number of hydrogen-bond donors (Lipinski definition) is 0. The molecule has 1 saturated carbocycles. The van der Waals surface area contributed by atoms with Gasteiger partial charge in [0.25, 0.3) is 5.56 Å². The van der Waals surface area contributed by atoms with Crippen molar-refractivity contribution in [2.45, 2.75) is 50.7 Å². The lowest BCUT2D eigenvalue weighted by atomic mass is 9.90. The summed E-state index contributed by atoms with van der Waals surface area (Å²) in [6.45, 7) is 1.82. The van der Waals surface area contributed by atoms with E-state index in [0.29, 0.717) is 31.2 Å². The molecule has 4 aromatic rings. The maximum absolute atomic E-state index is 14.8. The van der Waals surface area contributed by atoms with Crippen LogP contribution in [0.2, 0.25) is 0 Å². The number of aromatic nitrogens is 5. The number of fused-ring (bicyclic) bond motifs is 1. The fourth-order valence-electron chi connectivity index (χ4n) is 4.66. The van der Waals surface area contributed by atoms with Crippen LogP contribution in [-0.2, 0) is 4.74 Å². The Morgan fingerprint density at radius 2 is 1.91 bits per heavy atom. The first kappa shape index (κ1) is 22.0. The Morgan fingerprint density at radius 3 is 2.69 bits per heavy atom. The van der Waals surface area contributed by atoms with Crippen molar-refractivity contribution >= 4 is 5.65 Å². The molecule has 0 N–H and O–H groups in total. The predicted molar refractivity (Wildman–Crippen MR) is 120 cm³/mol. The minimum Gasteiger partial charge on any atom is -0.373 e. The van der Waals surface area contributed by atoms with Crippen LogP contribution in [0.1, 0.15) is 60.7 Å². The molecule has 2 fully saturated rings. The van der Waals surface area contributed by atoms with E-state index < -0.39 is 23.0 Å². The average molecular weight is 481 g/mol. The molecule has 1 aliphatic heterocycles. The molecular formula is C25H22F3N5O2. The van der Waals surface area contributed by atoms with Gasteiger partial charge in [0.1, 0.15) is 17.3 Å². The van der Waals surface area contributed by atoms with Crippen LogP contribution < -0.4 is 5.56 Å². The molecule has 10 heteroatoms. The van der Waals surface area contributed by atoms with Crippen LogP contribution in [0.5, 0.6) is 0 Å². The molecule has 1 saturated heterocycles. The van der Waals surface area contributed by atoms with Crippen LogP contribution in [-0.4, -0.2) is 30.8 Å². The van der Waals surface area contributed by atoms with Gasteiger partial charge in [-0.15, -0.1) is 0 Å². The fourth-order valence-corrected chi connectivity index (χ4v) is 4.66. The van der Waals surface area contributed by atoms with Gasteiger partial charge in [-0.25, -0.2) is 18.7 Å². The zero-order valence-corrected chi connectivity index (χ0v) is 18.9. The van der Waals surface area contributed by atoms with E-state index in [0.717, 1.165) is 34.9 Å². The highest BCUT2D eigenvalue weighted by Gasteiger charge is 2.30. The summed E-state index contributed by atoms with van der Waals surface area (Å²) in [4.78, 5) is 21.7. The second-order valence-corrected chi connectivity index (χ2v) is 9.21. The minimum atomic E-state index is -0.984. The highest BCUT2D eigenvalue weighted by molar-refractivity contribution is 5.74. The number of rotatable bonds is 4. The summed E-state index contributed by atoms with van der Waals surface area (Å²) in [7, 11) is 0. The summed E-state index contributed by atoms with van der Waals surface area (Å²) >= 11 is 0. The van der Waals surface area contributed by atoms with E-state index in [-0.39, 0.29) is 34.6 Å². The minimum absolute atomic E-state index is 0.0116. The normalized spacial score (nSPS) is 20.5. The third-order valence-corrected chi connectivity index (χ3v) is 6.74. The van der Waals surface area contributed by atoms with Crippen LogP contribution in [0.4, 0.5) is 13.2 Å². The van der Waals surface area contributed by atoms with Crippen LogP contribution in [0, 0.1) is 24.4 Å². The van der Waals surface area contributed by atoms with Crippen molar-refractivity contribution in [3.63, 3.8) is 0 Å². The zero-order valence-electron chi connectivity index (χ0n) is 18.9. The van der Waals surface area contributed by atoms with E-state index in [9.17, 15) is 18.0 Å². The molecular weight excluding hydrogens is 459 g/mol. The predicted octanol–water partition coefficient (Wildman–Crippen LogP) is 4.65. The molecule has 4 heterocycles. The van der Waals surface area contributed by atoms with E-state index in [2.05, 4.69) is 15.1 Å². The van der Waals surface area contributed by atoms with Gasteiger partial charge >= 0.3 is 0 Å². The Morgan fingerprint density at radius 1 is 1.09 bits per heavy atom. The van der Waals surface area contributed by atoms with Gasteiger partial charge < -0.3 is 4.74 Å². The molecule has 35 heavy (non-hydrogen) atoms. The van der Waals surface area contributed by atoms with Gasteiger partial charge in [0.05, 0.1) is 29.7 Å². The molecule has 3 aromatic heterocycles. The lowest BCUT2D eigenvalue weighted by Crippen LogP contribution is -2.24. The summed E-state index contributed by atoms with van der Waals surface area (Å²) in [5.41, 5.74) is 0.501. The van der Waals surface area contributed by atoms with E-state index in [1.807, 2.05) is 17.1 Å². The summed E-state index contributed by atoms with van der Waals surface area (Å²) in [5.74, 6) is -2.70. The van der Waals surface area contributed by atoms with Crippen LogP contribution >= 0.6 is 0 Å². The largest absolute Gasteiger partial charge is 0.373 e. The molecule has 0 radical (unpaired) electrons. The van der Waals surface area contributed by atoms with Crippen molar-refractivity contribution in [1.82, 2.24) is 24.1 Å². The van der Waals surface area contributed by atoms with Gasteiger partial charge in [-0.3, -0.25) is 13.9 Å². The SMILES string of the molecule is Cc1nc2c(-c3ccc(F)cc3F)nc([C@@H]3CCO[C@H](c4cnn(C5CC5)c4)C3)cn2c(=O)c1F. The molecule has 0 bridgehead atoms. The van der Waals surface area contributed by atoms with E-state index >= 15 is 0 Å². The summed E-state index contributed by atoms with van der Waals surface area (Å²) in [5, 5.41) is 4.45. The first-order valence-electron chi connectivity index (χ1n) is 11.6. The second-order valence-electron chi connectivity index (χ2n) is 9.21. The molecule has 7 nitrogen and oxygen atoms in total. The lowest BCUT2D eigenvalue weighted by Gasteiger charge is -2.29. The topological polar surface area (TPSA) is 74.3 Å². The molecule has 0 spiro atoms. The number of hydrogen-bond acceptors (Lipinski definition) is 5. The summed E-state index contributed by atoms with van der Waals surface area (Å²) in [6, 6.07) is 3.56. The van der Waals surface area contributed by atoms with Gasteiger partial charge in [-0.1, -0.05) is 0 Å². The van der Waals surface area contributed by atoms with Gasteiger partial charge in [-0.2, -0.15) is 9.49 Å². The van der Waals surface area contributed by atoms with Crippen molar-refractivity contribution < 1.29 is 17.9 Å². The monoisotopic (exact) mass is 481 g/mol. The second kappa shape index (κ2) is 8.30. The molecule has 0 amide bonds. The lowest BCUT2D eigenvalue weighted by molar-refractivity contribution is 0.00454. The Kier molecular flexibility index (Phi) is 5.21. The molecule has 2 atom stereocenters. The van der Waals surface area contributed by atoms with Gasteiger partial charge in [-0.05, 0) is 44.7 Å². The Labute approximate surface area is 198 Å². The van der Waals surface area contributed by atoms with Crippen molar-refractivity contribution in [1.29, 1.82) is 0 Å². The zero-order chi connectivity index (χ0) is 24.3. The van der Waals surface area contributed by atoms with Crippen molar-refractivity contribution in [2.75, 3.05) is 6.61 Å². The van der Waals surface area contributed by atoms with Crippen LogP contribution in [0.25, 0.3) is 16.9 Å². The van der Waals surface area contributed by atoms with Crippen molar-refractivity contribution in [3.05, 3.63) is 81.5 Å². The Balaban J connectivity index is 1.45. The van der Waals surface area contributed by atoms with Gasteiger partial charge in [0.15, 0.2) is 5.65 Å².